The van der Waals surface area contributed by atoms with E-state index in [1.807, 2.05) is 0 Å². The summed E-state index contributed by atoms with van der Waals surface area (Å²) in [6.07, 6.45) is 74.9. The largest absolute Gasteiger partial charge is 0.472 e. The van der Waals surface area contributed by atoms with Crippen molar-refractivity contribution in [1.82, 2.24) is 0 Å². The van der Waals surface area contributed by atoms with Crippen molar-refractivity contribution in [1.29, 1.82) is 0 Å². The van der Waals surface area contributed by atoms with Gasteiger partial charge in [-0.25, -0.2) is 9.13 Å². The summed E-state index contributed by atoms with van der Waals surface area (Å²) in [5.74, 6) is -1.28. The minimum Gasteiger partial charge on any atom is -0.462 e. The van der Waals surface area contributed by atoms with Crippen molar-refractivity contribution < 1.29 is 80.2 Å². The van der Waals surface area contributed by atoms with Gasteiger partial charge in [-0.15, -0.1) is 0 Å². The molecule has 0 aliphatic carbocycles. The SMILES string of the molecule is CCCCCCCCCCCCCCCCCCCCCC(=O)OC[C@H](COP(=O)(O)OC[C@@H](O)COP(=O)(O)OC[C@@H](COC(=O)CCCCCCCCCCCCCCC)OC(=O)CCCCCCCCCCCCCCCCCC)OC(=O)CCCCCCCCCCCCCCCCCCC(C)C. The number of aliphatic hydroxyl groups is 1. The number of esters is 4. The van der Waals surface area contributed by atoms with Gasteiger partial charge in [-0.1, -0.05) is 426 Å². The highest BCUT2D eigenvalue weighted by Crippen LogP contribution is 2.45. The topological polar surface area (TPSA) is 237 Å². The van der Waals surface area contributed by atoms with Gasteiger partial charge in [0.15, 0.2) is 12.2 Å². The van der Waals surface area contributed by atoms with Crippen molar-refractivity contribution in [3.05, 3.63) is 0 Å². The number of ether oxygens (including phenoxy) is 4. The Hall–Kier alpha value is -1.94. The van der Waals surface area contributed by atoms with Crippen LogP contribution in [0.4, 0.5) is 0 Å². The molecule has 0 fully saturated rings. The Kier molecular flexibility index (Phi) is 79.2. The van der Waals surface area contributed by atoms with E-state index in [4.69, 9.17) is 37.0 Å². The van der Waals surface area contributed by atoms with Crippen LogP contribution in [0.1, 0.15) is 478 Å². The highest BCUT2D eigenvalue weighted by Gasteiger charge is 2.30. The van der Waals surface area contributed by atoms with Crippen LogP contribution in [0.3, 0.4) is 0 Å². The number of hydrogen-bond acceptors (Lipinski definition) is 15. The van der Waals surface area contributed by atoms with Crippen LogP contribution in [0, 0.1) is 5.92 Å². The Morgan fingerprint density at radius 1 is 0.252 bits per heavy atom. The lowest BCUT2D eigenvalue weighted by atomic mass is 10.0. The van der Waals surface area contributed by atoms with Crippen LogP contribution < -0.4 is 0 Å². The van der Waals surface area contributed by atoms with E-state index >= 15 is 0 Å². The molecule has 2 unspecified atom stereocenters. The third-order valence-electron chi connectivity index (χ3n) is 20.8. The number of hydrogen-bond donors (Lipinski definition) is 3. The summed E-state index contributed by atoms with van der Waals surface area (Å²) in [5.41, 5.74) is 0. The number of carbonyl (C=O) groups excluding carboxylic acids is 4. The van der Waals surface area contributed by atoms with Crippen LogP contribution in [0.25, 0.3) is 0 Å². The lowest BCUT2D eigenvalue weighted by Gasteiger charge is -2.21. The van der Waals surface area contributed by atoms with Crippen molar-refractivity contribution >= 4 is 39.5 Å². The molecule has 0 radical (unpaired) electrons. The van der Waals surface area contributed by atoms with Gasteiger partial charge in [-0.3, -0.25) is 37.3 Å². The van der Waals surface area contributed by atoms with E-state index < -0.39 is 97.5 Å². The number of unbranched alkanes of at least 4 members (excludes halogenated alkanes) is 60. The summed E-state index contributed by atoms with van der Waals surface area (Å²) in [4.78, 5) is 73.3. The maximum atomic E-state index is 13.2. The Morgan fingerprint density at radius 2 is 0.430 bits per heavy atom. The van der Waals surface area contributed by atoms with E-state index in [9.17, 15) is 43.2 Å². The zero-order valence-corrected chi connectivity index (χ0v) is 72.1. The van der Waals surface area contributed by atoms with E-state index in [-0.39, 0.29) is 25.7 Å². The second-order valence-electron chi connectivity index (χ2n) is 32.1. The van der Waals surface area contributed by atoms with Crippen LogP contribution in [-0.2, 0) is 65.4 Å². The van der Waals surface area contributed by atoms with Gasteiger partial charge < -0.3 is 33.8 Å². The number of aliphatic hydroxyl groups excluding tert-OH is 1. The van der Waals surface area contributed by atoms with Crippen LogP contribution >= 0.6 is 15.6 Å². The van der Waals surface area contributed by atoms with E-state index in [0.717, 1.165) is 95.8 Å². The number of carbonyl (C=O) groups is 4. The molecule has 0 aliphatic heterocycles. The average Bonchev–Trinajstić information content (AvgIpc) is 0.904. The lowest BCUT2D eigenvalue weighted by molar-refractivity contribution is -0.161. The Labute approximate surface area is 658 Å². The smallest absolute Gasteiger partial charge is 0.462 e. The van der Waals surface area contributed by atoms with Crippen molar-refractivity contribution in [3.63, 3.8) is 0 Å². The molecule has 19 heteroatoms. The molecule has 0 amide bonds. The fourth-order valence-corrected chi connectivity index (χ4v) is 15.4. The molecule has 636 valence electrons. The quantitative estimate of drug-likeness (QED) is 0.0222. The first kappa shape index (κ1) is 105. The van der Waals surface area contributed by atoms with Gasteiger partial charge in [-0.05, 0) is 31.6 Å². The van der Waals surface area contributed by atoms with Crippen LogP contribution in [0.15, 0.2) is 0 Å². The highest BCUT2D eigenvalue weighted by molar-refractivity contribution is 7.47. The van der Waals surface area contributed by atoms with Gasteiger partial charge in [0, 0.05) is 25.7 Å². The zero-order valence-electron chi connectivity index (χ0n) is 70.3. The summed E-state index contributed by atoms with van der Waals surface area (Å²) in [6, 6.07) is 0. The normalized spacial score (nSPS) is 13.7. The summed E-state index contributed by atoms with van der Waals surface area (Å²) in [5, 5.41) is 10.7. The van der Waals surface area contributed by atoms with Crippen molar-refractivity contribution in [2.45, 2.75) is 496 Å². The van der Waals surface area contributed by atoms with E-state index in [1.54, 1.807) is 0 Å². The summed E-state index contributed by atoms with van der Waals surface area (Å²) in [7, 11) is -9.93. The Balaban J connectivity index is 5.26. The molecule has 0 aromatic heterocycles. The molecule has 107 heavy (non-hydrogen) atoms. The van der Waals surface area contributed by atoms with Crippen molar-refractivity contribution in [2.24, 2.45) is 5.92 Å². The molecule has 5 atom stereocenters. The number of phosphoric ester groups is 2. The average molecular weight is 1560 g/mol. The number of rotatable bonds is 88. The molecule has 0 aliphatic rings. The van der Waals surface area contributed by atoms with Gasteiger partial charge in [0.2, 0.25) is 0 Å². The zero-order chi connectivity index (χ0) is 78.3. The summed E-state index contributed by atoms with van der Waals surface area (Å²) >= 11 is 0. The standard InChI is InChI=1S/C88H172O17P2/c1-6-9-12-15-18-21-24-27-29-31-32-33-38-42-47-52-57-62-67-72-86(91)99-78-84(105-88(93)74-69-64-59-54-49-44-39-35-34-36-41-45-50-55-60-65-70-81(4)5)80-103-107(96,97)101-76-82(89)75-100-106(94,95)102-79-83(77-98-85(90)71-66-61-56-51-46-40-26-23-20-17-14-11-8-3)104-87(92)73-68-63-58-53-48-43-37-30-28-25-22-19-16-13-10-7-2/h81-84,89H,6-80H2,1-5H3,(H,94,95)(H,96,97)/t82-,83+,84+/m0/s1. The molecule has 0 aromatic rings. The van der Waals surface area contributed by atoms with Crippen LogP contribution in [0.2, 0.25) is 0 Å². The molecule has 0 aromatic carbocycles. The maximum Gasteiger partial charge on any atom is 0.472 e. The second kappa shape index (κ2) is 80.7. The van der Waals surface area contributed by atoms with E-state index in [0.29, 0.717) is 25.7 Å². The fraction of sp³-hybridized carbons (Fsp3) is 0.955. The monoisotopic (exact) mass is 1560 g/mol. The van der Waals surface area contributed by atoms with Gasteiger partial charge in [-0.2, -0.15) is 0 Å². The van der Waals surface area contributed by atoms with E-state index in [2.05, 4.69) is 34.6 Å². The molecule has 3 N–H and O–H groups in total. The van der Waals surface area contributed by atoms with Gasteiger partial charge in [0.1, 0.15) is 19.3 Å². The molecule has 0 spiro atoms. The summed E-state index contributed by atoms with van der Waals surface area (Å²) in [6.45, 7) is 7.42. The van der Waals surface area contributed by atoms with Gasteiger partial charge >= 0.3 is 39.5 Å². The first-order valence-electron chi connectivity index (χ1n) is 45.6. The molecular formula is C88H172O17P2. The first-order chi connectivity index (χ1) is 52.0. The van der Waals surface area contributed by atoms with Crippen molar-refractivity contribution in [2.75, 3.05) is 39.6 Å². The molecule has 0 saturated heterocycles. The highest BCUT2D eigenvalue weighted by atomic mass is 31.2. The molecule has 0 heterocycles. The van der Waals surface area contributed by atoms with Crippen molar-refractivity contribution in [3.8, 4) is 0 Å². The third kappa shape index (κ3) is 81.9. The maximum absolute atomic E-state index is 13.2. The van der Waals surface area contributed by atoms with E-state index in [1.165, 1.54) is 302 Å². The fourth-order valence-electron chi connectivity index (χ4n) is 13.8. The molecule has 17 nitrogen and oxygen atoms in total. The Morgan fingerprint density at radius 3 is 0.636 bits per heavy atom. The van der Waals surface area contributed by atoms with Crippen LogP contribution in [0.5, 0.6) is 0 Å². The summed E-state index contributed by atoms with van der Waals surface area (Å²) < 4.78 is 69.0. The van der Waals surface area contributed by atoms with Gasteiger partial charge in [0.25, 0.3) is 0 Å². The van der Waals surface area contributed by atoms with Crippen LogP contribution in [-0.4, -0.2) is 96.7 Å². The van der Waals surface area contributed by atoms with Gasteiger partial charge in [0.05, 0.1) is 26.4 Å². The molecule has 0 bridgehead atoms. The lowest BCUT2D eigenvalue weighted by Crippen LogP contribution is -2.30. The third-order valence-corrected chi connectivity index (χ3v) is 22.7. The predicted octanol–water partition coefficient (Wildman–Crippen LogP) is 27.2. The Bertz CT molecular complexity index is 2030. The predicted molar refractivity (Wildman–Crippen MR) is 442 cm³/mol. The molecular weight excluding hydrogens is 1390 g/mol. The first-order valence-corrected chi connectivity index (χ1v) is 48.6. The minimum absolute atomic E-state index is 0.109. The molecule has 0 saturated carbocycles. The molecule has 0 rings (SSSR count). The second-order valence-corrected chi connectivity index (χ2v) is 35.0. The minimum atomic E-state index is -4.97. The number of phosphoric acid groups is 2.